The highest BCUT2D eigenvalue weighted by Gasteiger charge is 2.53. The van der Waals surface area contributed by atoms with Gasteiger partial charge in [-0.3, -0.25) is 19.2 Å². The summed E-state index contributed by atoms with van der Waals surface area (Å²) in [6.45, 7) is 12.2. The number of allylic oxidation sites excluding steroid dienone is 6. The molecule has 0 aromatic carbocycles. The minimum atomic E-state index is -2.80. The Balaban J connectivity index is 1.73. The predicted octanol–water partition coefficient (Wildman–Crippen LogP) is 6.18. The van der Waals surface area contributed by atoms with Gasteiger partial charge in [0.2, 0.25) is 5.79 Å². The number of hydrogen-bond donors (Lipinski definition) is 3. The van der Waals surface area contributed by atoms with E-state index in [0.29, 0.717) is 62.5 Å². The van der Waals surface area contributed by atoms with Crippen molar-refractivity contribution in [2.75, 3.05) is 27.8 Å². The van der Waals surface area contributed by atoms with Crippen LogP contribution in [0, 0.1) is 35.5 Å². The number of cyclic esters (lactones) is 1. The number of carbonyl (C=O) groups is 5. The van der Waals surface area contributed by atoms with Crippen molar-refractivity contribution in [2.45, 2.75) is 180 Å². The van der Waals surface area contributed by atoms with Crippen LogP contribution in [0.4, 0.5) is 0 Å². The van der Waals surface area contributed by atoms with E-state index in [4.69, 9.17) is 27.8 Å². The van der Waals surface area contributed by atoms with E-state index >= 15 is 0 Å². The maximum absolute atomic E-state index is 14.4. The van der Waals surface area contributed by atoms with Gasteiger partial charge in [-0.2, -0.15) is 0 Å². The molecule has 3 N–H and O–H groups in total. The van der Waals surface area contributed by atoms with E-state index in [1.807, 2.05) is 19.9 Å². The Labute approximate surface area is 391 Å². The second-order valence-corrected chi connectivity index (χ2v) is 19.5. The first-order chi connectivity index (χ1) is 31.9. The summed E-state index contributed by atoms with van der Waals surface area (Å²) in [5, 5.41) is 33.9. The third-order valence-electron chi connectivity index (χ3n) is 14.3. The van der Waals surface area contributed by atoms with E-state index in [1.54, 1.807) is 72.1 Å². The van der Waals surface area contributed by atoms with E-state index in [9.17, 15) is 39.3 Å². The van der Waals surface area contributed by atoms with Crippen molar-refractivity contribution < 1.29 is 67.1 Å². The summed E-state index contributed by atoms with van der Waals surface area (Å²) in [5.74, 6) is -8.82. The van der Waals surface area contributed by atoms with Crippen LogP contribution in [0.3, 0.4) is 0 Å². The topological polar surface area (TPSA) is 195 Å². The van der Waals surface area contributed by atoms with Gasteiger partial charge in [0.15, 0.2) is 5.78 Å². The van der Waals surface area contributed by atoms with Gasteiger partial charge >= 0.3 is 5.97 Å². The van der Waals surface area contributed by atoms with Gasteiger partial charge in [-0.25, -0.2) is 4.79 Å². The highest BCUT2D eigenvalue weighted by atomic mass is 16.6. The standard InChI is InChI=1S/C51H79NO13/c1-30-16-12-11-13-17-31(2)42(61-8)28-38-21-19-36(7)51(60,65-38)48(57)49(58)52-23-15-14-18-39(52)50(59)64-43(33(4)26-37-20-22-40(53)44(27-37)62-9)29-41(54)32(3)25-35(6)46(56)47(63-10)45(55)34(5)24-30/h11-13,16-17,25,30,32-34,36-40,42-44,46-47,53,56,60H,14-15,18-24,26-29H2,1-10H3/b13-11-,16-12-,31-17-,35-25+/t30-,32-,33-,34-,36-,37+,38+,39+,40-,42+,43+,44-,46-,47+,51-/m1/s1/i8D3. The van der Waals surface area contributed by atoms with Gasteiger partial charge in [-0.1, -0.05) is 71.1 Å². The van der Waals surface area contributed by atoms with Gasteiger partial charge < -0.3 is 43.9 Å². The molecule has 4 aliphatic rings. The Bertz CT molecular complexity index is 1870. The quantitative estimate of drug-likeness (QED) is 0.155. The summed E-state index contributed by atoms with van der Waals surface area (Å²) in [7, 11) is 0.102. The molecule has 0 aromatic heterocycles. The molecule has 2 bridgehead atoms. The van der Waals surface area contributed by atoms with Crippen LogP contribution in [0.1, 0.15) is 130 Å². The third kappa shape index (κ3) is 14.3. The van der Waals surface area contributed by atoms with Gasteiger partial charge in [0.25, 0.3) is 11.7 Å². The molecule has 1 aliphatic carbocycles. The minimum absolute atomic E-state index is 0.0213. The molecule has 0 aromatic rings. The first-order valence-corrected chi connectivity index (χ1v) is 23.7. The molecule has 366 valence electrons. The zero-order valence-corrected chi connectivity index (χ0v) is 40.1. The molecular weight excluding hydrogens is 835 g/mol. The number of carbonyl (C=O) groups excluding carboxylic acids is 5. The van der Waals surface area contributed by atoms with Crippen LogP contribution in [0.25, 0.3) is 0 Å². The number of nitrogens with zero attached hydrogens (tertiary/aromatic N) is 1. The van der Waals surface area contributed by atoms with Gasteiger partial charge in [0.05, 0.1) is 28.5 Å². The number of esters is 1. The summed E-state index contributed by atoms with van der Waals surface area (Å²) in [6, 6.07) is -1.21. The molecular formula is C51H79NO13. The minimum Gasteiger partial charge on any atom is -0.460 e. The molecule has 1 saturated carbocycles. The number of aliphatic hydroxyl groups excluding tert-OH is 2. The van der Waals surface area contributed by atoms with Crippen molar-refractivity contribution in [3.05, 3.63) is 47.6 Å². The molecule has 1 amide bonds. The Hall–Kier alpha value is -3.37. The smallest absolute Gasteiger partial charge is 0.329 e. The van der Waals surface area contributed by atoms with Crippen LogP contribution >= 0.6 is 0 Å². The van der Waals surface area contributed by atoms with Crippen LogP contribution in [-0.2, 0) is 47.7 Å². The van der Waals surface area contributed by atoms with E-state index < -0.39 is 90.9 Å². The summed E-state index contributed by atoms with van der Waals surface area (Å²) in [6.07, 6.45) is 8.32. The van der Waals surface area contributed by atoms with Crippen molar-refractivity contribution in [2.24, 2.45) is 35.5 Å². The number of piperidine rings is 1. The number of aliphatic hydroxyl groups is 3. The van der Waals surface area contributed by atoms with Crippen molar-refractivity contribution in [3.8, 4) is 0 Å². The number of fused-ring (bicyclic) bond motifs is 3. The third-order valence-corrected chi connectivity index (χ3v) is 14.3. The largest absolute Gasteiger partial charge is 0.460 e. The molecule has 15 atom stereocenters. The normalized spacial score (nSPS) is 41.3. The van der Waals surface area contributed by atoms with E-state index in [-0.39, 0.29) is 67.7 Å². The first-order valence-electron chi connectivity index (χ1n) is 25.2. The fourth-order valence-electron chi connectivity index (χ4n) is 9.98. The van der Waals surface area contributed by atoms with Crippen molar-refractivity contribution in [1.82, 2.24) is 4.90 Å². The highest BCUT2D eigenvalue weighted by molar-refractivity contribution is 6.39. The summed E-state index contributed by atoms with van der Waals surface area (Å²) in [5.41, 5.74) is 0.882. The zero-order valence-electron chi connectivity index (χ0n) is 43.1. The van der Waals surface area contributed by atoms with E-state index in [1.165, 1.54) is 7.11 Å². The monoisotopic (exact) mass is 917 g/mol. The Morgan fingerprint density at radius 1 is 0.892 bits per heavy atom. The maximum Gasteiger partial charge on any atom is 0.329 e. The first kappa shape index (κ1) is 49.5. The van der Waals surface area contributed by atoms with Crippen LogP contribution in [0.2, 0.25) is 0 Å². The van der Waals surface area contributed by atoms with Crippen LogP contribution in [0.5, 0.6) is 0 Å². The SMILES string of the molecule is [2H]C([2H])([2H])O[C@H]1C[C@@H]2CC[C@@H](C)[C@@](O)(O2)C(=O)C(=O)N2CCCC[C@H]2C(=O)O[C@H]([C@H](C)C[C@@H]2CC[C@@H](O)[C@H](OC)C2)CC(=O)[C@H](C)/C=C(\C)[C@@H](O)[C@@H](OC)C(=O)[C@H](C)C[C@H](C)\C=C/C=C\C=C/1C. The summed E-state index contributed by atoms with van der Waals surface area (Å²) in [4.78, 5) is 71.9. The van der Waals surface area contributed by atoms with Gasteiger partial charge in [-0.15, -0.1) is 0 Å². The molecule has 0 unspecified atom stereocenters. The van der Waals surface area contributed by atoms with E-state index in [2.05, 4.69) is 0 Å². The molecule has 65 heavy (non-hydrogen) atoms. The van der Waals surface area contributed by atoms with Gasteiger partial charge in [0, 0.05) is 58.4 Å². The number of ether oxygens (including phenoxy) is 5. The lowest BCUT2D eigenvalue weighted by Gasteiger charge is -2.42. The van der Waals surface area contributed by atoms with Crippen molar-refractivity contribution in [3.63, 3.8) is 0 Å². The second kappa shape index (κ2) is 25.1. The molecule has 2 saturated heterocycles. The summed E-state index contributed by atoms with van der Waals surface area (Å²) < 4.78 is 52.5. The van der Waals surface area contributed by atoms with Crippen LogP contribution in [-0.4, -0.2) is 132 Å². The molecule has 3 heterocycles. The molecule has 0 spiro atoms. The number of rotatable bonds is 6. The Kier molecular flexibility index (Phi) is 19.1. The lowest BCUT2D eigenvalue weighted by Crippen LogP contribution is -2.61. The van der Waals surface area contributed by atoms with Crippen LogP contribution < -0.4 is 0 Å². The average molecular weight is 917 g/mol. The molecule has 3 fully saturated rings. The second-order valence-electron chi connectivity index (χ2n) is 19.5. The Morgan fingerprint density at radius 3 is 2.32 bits per heavy atom. The molecule has 3 aliphatic heterocycles. The number of amides is 1. The zero-order chi connectivity index (χ0) is 50.7. The Morgan fingerprint density at radius 2 is 1.63 bits per heavy atom. The van der Waals surface area contributed by atoms with Crippen molar-refractivity contribution in [1.29, 1.82) is 0 Å². The fraction of sp³-hybridized carbons (Fsp3) is 0.745. The molecule has 4 rings (SSSR count). The lowest BCUT2D eigenvalue weighted by molar-refractivity contribution is -0.265. The van der Waals surface area contributed by atoms with E-state index in [0.717, 1.165) is 4.90 Å². The highest BCUT2D eigenvalue weighted by Crippen LogP contribution is 2.38. The molecule has 14 nitrogen and oxygen atoms in total. The molecule has 0 radical (unpaired) electrons. The number of hydrogen-bond acceptors (Lipinski definition) is 13. The fourth-order valence-corrected chi connectivity index (χ4v) is 9.98. The lowest BCUT2D eigenvalue weighted by atomic mass is 9.78. The number of Topliss-reactive ketones (excluding diaryl/α,β-unsaturated/α-hetero) is 3. The number of ketones is 3. The predicted molar refractivity (Wildman–Crippen MR) is 245 cm³/mol. The number of methoxy groups -OCH3 is 3. The van der Waals surface area contributed by atoms with Gasteiger partial charge in [-0.05, 0) is 107 Å². The molecule has 14 heteroatoms. The van der Waals surface area contributed by atoms with Gasteiger partial charge in [0.1, 0.15) is 30.1 Å². The van der Waals surface area contributed by atoms with Crippen molar-refractivity contribution >= 4 is 29.2 Å². The summed E-state index contributed by atoms with van der Waals surface area (Å²) >= 11 is 0. The van der Waals surface area contributed by atoms with Crippen LogP contribution in [0.15, 0.2) is 47.6 Å². The maximum atomic E-state index is 14.4. The average Bonchev–Trinajstić information content (AvgIpc) is 3.28.